The Balaban J connectivity index is 1.67. The van der Waals surface area contributed by atoms with Gasteiger partial charge in [-0.2, -0.15) is 0 Å². The van der Waals surface area contributed by atoms with Crippen molar-refractivity contribution in [1.29, 1.82) is 0 Å². The summed E-state index contributed by atoms with van der Waals surface area (Å²) >= 11 is 1.66. The van der Waals surface area contributed by atoms with Gasteiger partial charge in [0.2, 0.25) is 0 Å². The Kier molecular flexibility index (Phi) is 6.66. The lowest BCUT2D eigenvalue weighted by Crippen LogP contribution is -2.27. The molecule has 1 unspecified atom stereocenters. The zero-order valence-corrected chi connectivity index (χ0v) is 16.9. The lowest BCUT2D eigenvalue weighted by Gasteiger charge is -2.16. The summed E-state index contributed by atoms with van der Waals surface area (Å²) < 4.78 is 16.1. The summed E-state index contributed by atoms with van der Waals surface area (Å²) in [5, 5.41) is 2.99. The predicted octanol–water partition coefficient (Wildman–Crippen LogP) is 5.08. The van der Waals surface area contributed by atoms with Crippen molar-refractivity contribution < 1.29 is 18.7 Å². The van der Waals surface area contributed by atoms with Gasteiger partial charge in [0.25, 0.3) is 5.91 Å². The van der Waals surface area contributed by atoms with E-state index >= 15 is 0 Å². The molecule has 0 fully saturated rings. The van der Waals surface area contributed by atoms with Crippen LogP contribution < -0.4 is 14.8 Å². The molecule has 5 nitrogen and oxygen atoms in total. The second kappa shape index (κ2) is 9.37. The summed E-state index contributed by atoms with van der Waals surface area (Å²) in [7, 11) is 3.18. The number of nitrogens with one attached hydrogen (secondary N) is 1. The topological polar surface area (TPSA) is 60.7 Å². The summed E-state index contributed by atoms with van der Waals surface area (Å²) in [6, 6.07) is 17.3. The van der Waals surface area contributed by atoms with Gasteiger partial charge in [0.05, 0.1) is 26.5 Å². The Morgan fingerprint density at radius 2 is 1.82 bits per heavy atom. The molecule has 3 rings (SSSR count). The normalized spacial score (nSPS) is 11.7. The van der Waals surface area contributed by atoms with Crippen molar-refractivity contribution >= 4 is 17.7 Å². The van der Waals surface area contributed by atoms with Gasteiger partial charge in [0.1, 0.15) is 0 Å². The summed E-state index contributed by atoms with van der Waals surface area (Å²) in [4.78, 5) is 13.9. The highest BCUT2D eigenvalue weighted by molar-refractivity contribution is 7.98. The molecule has 1 heterocycles. The fraction of sp³-hybridized carbons (Fsp3) is 0.227. The van der Waals surface area contributed by atoms with Gasteiger partial charge in [-0.05, 0) is 42.8 Å². The van der Waals surface area contributed by atoms with Crippen LogP contribution in [0.15, 0.2) is 70.2 Å². The Hall–Kier alpha value is -2.86. The van der Waals surface area contributed by atoms with Crippen molar-refractivity contribution in [2.24, 2.45) is 0 Å². The third-order valence-corrected chi connectivity index (χ3v) is 5.41. The van der Waals surface area contributed by atoms with Gasteiger partial charge < -0.3 is 19.2 Å². The first-order valence-electron chi connectivity index (χ1n) is 8.89. The number of carbonyl (C=O) groups is 1. The molecule has 0 saturated heterocycles. The summed E-state index contributed by atoms with van der Waals surface area (Å²) in [6.07, 6.45) is 1.55. The number of methoxy groups -OCH3 is 2. The molecular weight excluding hydrogens is 374 g/mol. The molecule has 28 heavy (non-hydrogen) atoms. The number of hydrogen-bond acceptors (Lipinski definition) is 5. The zero-order chi connectivity index (χ0) is 19.9. The van der Waals surface area contributed by atoms with E-state index in [0.29, 0.717) is 23.0 Å². The molecule has 0 saturated carbocycles. The molecule has 1 aromatic heterocycles. The van der Waals surface area contributed by atoms with Crippen LogP contribution in [0.4, 0.5) is 0 Å². The molecule has 2 aromatic carbocycles. The van der Waals surface area contributed by atoms with Crippen molar-refractivity contribution in [2.75, 3.05) is 14.2 Å². The number of benzene rings is 2. The number of thioether (sulfide) groups is 1. The van der Waals surface area contributed by atoms with E-state index in [2.05, 4.69) is 5.32 Å². The number of ether oxygens (including phenoxy) is 2. The van der Waals surface area contributed by atoms with Gasteiger partial charge >= 0.3 is 0 Å². The van der Waals surface area contributed by atoms with E-state index in [1.54, 1.807) is 32.2 Å². The summed E-state index contributed by atoms with van der Waals surface area (Å²) in [5.41, 5.74) is 1.78. The number of rotatable bonds is 8. The smallest absolute Gasteiger partial charge is 0.287 e. The van der Waals surface area contributed by atoms with Crippen molar-refractivity contribution in [3.05, 3.63) is 77.7 Å². The molecule has 146 valence electrons. The van der Waals surface area contributed by atoms with E-state index < -0.39 is 0 Å². The van der Waals surface area contributed by atoms with E-state index in [0.717, 1.165) is 16.0 Å². The molecule has 1 atom stereocenters. The van der Waals surface area contributed by atoms with Crippen LogP contribution >= 0.6 is 11.8 Å². The van der Waals surface area contributed by atoms with Crippen LogP contribution in [0.3, 0.4) is 0 Å². The second-order valence-electron chi connectivity index (χ2n) is 6.19. The number of amides is 1. The molecule has 0 aliphatic carbocycles. The van der Waals surface area contributed by atoms with Gasteiger partial charge in [0.15, 0.2) is 17.3 Å². The van der Waals surface area contributed by atoms with Crippen LogP contribution in [0, 0.1) is 0 Å². The minimum Gasteiger partial charge on any atom is -0.493 e. The predicted molar refractivity (Wildman–Crippen MR) is 110 cm³/mol. The third-order valence-electron chi connectivity index (χ3n) is 4.35. The Bertz CT molecular complexity index is 923. The average molecular weight is 397 g/mol. The van der Waals surface area contributed by atoms with Crippen LogP contribution in [-0.2, 0) is 5.75 Å². The maximum absolute atomic E-state index is 12.7. The molecule has 0 radical (unpaired) electrons. The van der Waals surface area contributed by atoms with Crippen LogP contribution in [0.5, 0.6) is 11.5 Å². The van der Waals surface area contributed by atoms with Gasteiger partial charge in [0, 0.05) is 16.2 Å². The lowest BCUT2D eigenvalue weighted by molar-refractivity contribution is 0.0911. The minimum absolute atomic E-state index is 0.216. The molecule has 6 heteroatoms. The average Bonchev–Trinajstić information content (AvgIpc) is 3.21. The highest BCUT2D eigenvalue weighted by Gasteiger charge is 2.19. The second-order valence-corrected chi connectivity index (χ2v) is 7.24. The van der Waals surface area contributed by atoms with Crippen molar-refractivity contribution in [3.63, 3.8) is 0 Å². The first kappa shape index (κ1) is 19.9. The maximum atomic E-state index is 12.7. The number of furan rings is 1. The standard InChI is InChI=1S/C22H23NO4S/c1-15(16-9-10-19(25-2)20(13-16)26-3)23-22(24)21-17(11-12-27-21)14-28-18-7-5-4-6-8-18/h4-13,15H,14H2,1-3H3,(H,23,24). The van der Waals surface area contributed by atoms with Gasteiger partial charge in [-0.3, -0.25) is 4.79 Å². The molecule has 1 N–H and O–H groups in total. The molecule has 0 aliphatic rings. The van der Waals surface area contributed by atoms with Crippen molar-refractivity contribution in [3.8, 4) is 11.5 Å². The van der Waals surface area contributed by atoms with E-state index in [1.165, 1.54) is 0 Å². The van der Waals surface area contributed by atoms with Gasteiger partial charge in [-0.1, -0.05) is 24.3 Å². The lowest BCUT2D eigenvalue weighted by atomic mass is 10.1. The maximum Gasteiger partial charge on any atom is 0.287 e. The fourth-order valence-electron chi connectivity index (χ4n) is 2.79. The summed E-state index contributed by atoms with van der Waals surface area (Å²) in [5.74, 6) is 2.04. The number of hydrogen-bond donors (Lipinski definition) is 1. The molecule has 1 amide bonds. The Labute approximate surface area is 169 Å². The Morgan fingerprint density at radius 3 is 2.54 bits per heavy atom. The highest BCUT2D eigenvalue weighted by Crippen LogP contribution is 2.30. The monoisotopic (exact) mass is 397 g/mol. The van der Waals surface area contributed by atoms with Gasteiger partial charge in [-0.15, -0.1) is 11.8 Å². The highest BCUT2D eigenvalue weighted by atomic mass is 32.2. The Morgan fingerprint density at radius 1 is 1.07 bits per heavy atom. The van der Waals surface area contributed by atoms with Crippen LogP contribution in [-0.4, -0.2) is 20.1 Å². The first-order chi connectivity index (χ1) is 13.6. The first-order valence-corrected chi connectivity index (χ1v) is 9.88. The van der Waals surface area contributed by atoms with E-state index in [4.69, 9.17) is 13.9 Å². The van der Waals surface area contributed by atoms with Crippen molar-refractivity contribution in [1.82, 2.24) is 5.32 Å². The largest absolute Gasteiger partial charge is 0.493 e. The van der Waals surface area contributed by atoms with E-state index in [-0.39, 0.29) is 11.9 Å². The van der Waals surface area contributed by atoms with E-state index in [1.807, 2.05) is 61.5 Å². The van der Waals surface area contributed by atoms with E-state index in [9.17, 15) is 4.79 Å². The van der Waals surface area contributed by atoms with Crippen LogP contribution in [0.1, 0.15) is 34.6 Å². The van der Waals surface area contributed by atoms with Gasteiger partial charge in [-0.25, -0.2) is 0 Å². The molecule has 0 aliphatic heterocycles. The number of carbonyl (C=O) groups excluding carboxylic acids is 1. The van der Waals surface area contributed by atoms with Crippen LogP contribution in [0.25, 0.3) is 0 Å². The SMILES string of the molecule is COc1ccc(C(C)NC(=O)c2occc2CSc2ccccc2)cc1OC. The molecule has 3 aromatic rings. The van der Waals surface area contributed by atoms with Crippen molar-refractivity contribution in [2.45, 2.75) is 23.6 Å². The fourth-order valence-corrected chi connectivity index (χ4v) is 3.69. The molecular formula is C22H23NO4S. The minimum atomic E-state index is -0.240. The molecule has 0 spiro atoms. The third kappa shape index (κ3) is 4.70. The van der Waals surface area contributed by atoms with Crippen LogP contribution in [0.2, 0.25) is 0 Å². The quantitative estimate of drug-likeness (QED) is 0.537. The zero-order valence-electron chi connectivity index (χ0n) is 16.1. The summed E-state index contributed by atoms with van der Waals surface area (Å²) in [6.45, 7) is 1.92. The molecule has 0 bridgehead atoms.